The van der Waals surface area contributed by atoms with Crippen molar-refractivity contribution >= 4 is 33.8 Å². The zero-order valence-corrected chi connectivity index (χ0v) is 20.1. The highest BCUT2D eigenvalue weighted by atomic mass is 16.2. The van der Waals surface area contributed by atoms with Crippen molar-refractivity contribution in [2.24, 2.45) is 0 Å². The number of nitrogens with two attached hydrogens (primary N) is 1. The first-order chi connectivity index (χ1) is 16.6. The third-order valence-corrected chi connectivity index (χ3v) is 6.18. The molecular formula is C27H34N6O. The van der Waals surface area contributed by atoms with E-state index >= 15 is 0 Å². The van der Waals surface area contributed by atoms with Crippen LogP contribution in [0.3, 0.4) is 0 Å². The normalized spacial score (nSPS) is 12.2. The molecule has 4 aromatic rings. The molecule has 0 aliphatic rings. The molecule has 0 fully saturated rings. The van der Waals surface area contributed by atoms with Crippen molar-refractivity contribution < 1.29 is 4.79 Å². The van der Waals surface area contributed by atoms with Crippen LogP contribution < -0.4 is 16.4 Å². The lowest BCUT2D eigenvalue weighted by molar-refractivity contribution is 0.237. The monoisotopic (exact) mass is 458 g/mol. The maximum Gasteiger partial charge on any atom is 0.315 e. The number of carbonyl (C=O) groups is 1. The molecule has 1 unspecified atom stereocenters. The van der Waals surface area contributed by atoms with Crippen LogP contribution >= 0.6 is 0 Å². The number of anilines is 1. The Balaban J connectivity index is 1.40. The second-order valence-electron chi connectivity index (χ2n) is 8.73. The minimum atomic E-state index is -0.141. The third-order valence-electron chi connectivity index (χ3n) is 6.18. The summed E-state index contributed by atoms with van der Waals surface area (Å²) >= 11 is 0. The number of carbonyl (C=O) groups excluding carboxylic acids is 1. The molecule has 0 bridgehead atoms. The van der Waals surface area contributed by atoms with E-state index in [1.165, 1.54) is 0 Å². The van der Waals surface area contributed by atoms with Crippen molar-refractivity contribution in [3.63, 3.8) is 0 Å². The fourth-order valence-electron chi connectivity index (χ4n) is 4.34. The van der Waals surface area contributed by atoms with Gasteiger partial charge in [0.2, 0.25) is 0 Å². The Hall–Kier alpha value is -3.61. The molecule has 1 atom stereocenters. The number of hydrogen-bond donors (Lipinski definition) is 3. The highest BCUT2D eigenvalue weighted by molar-refractivity contribution is 6.06. The zero-order valence-electron chi connectivity index (χ0n) is 20.1. The number of pyridine rings is 1. The predicted octanol–water partition coefficient (Wildman–Crippen LogP) is 5.35. The van der Waals surface area contributed by atoms with Gasteiger partial charge in [0.05, 0.1) is 17.1 Å². The Labute approximate surface area is 200 Å². The number of unbranched alkanes of at least 4 members (excludes halogenated alkanes) is 2. The zero-order chi connectivity index (χ0) is 23.9. The first kappa shape index (κ1) is 23.5. The van der Waals surface area contributed by atoms with Crippen LogP contribution in [0.5, 0.6) is 0 Å². The van der Waals surface area contributed by atoms with E-state index in [-0.39, 0.29) is 12.1 Å². The van der Waals surface area contributed by atoms with E-state index in [1.807, 2.05) is 55.5 Å². The van der Waals surface area contributed by atoms with E-state index in [0.717, 1.165) is 72.0 Å². The summed E-state index contributed by atoms with van der Waals surface area (Å²) < 4.78 is 2.31. The lowest BCUT2D eigenvalue weighted by atomic mass is 10.1. The Bertz CT molecular complexity index is 1250. The number of hydrogen-bond acceptors (Lipinski definition) is 4. The summed E-state index contributed by atoms with van der Waals surface area (Å²) in [6.07, 6.45) is 4.90. The maximum absolute atomic E-state index is 12.3. The number of aromatic nitrogens is 3. The molecule has 34 heavy (non-hydrogen) atoms. The highest BCUT2D eigenvalue weighted by Crippen LogP contribution is 2.29. The van der Waals surface area contributed by atoms with E-state index in [1.54, 1.807) is 0 Å². The molecular weight excluding hydrogens is 424 g/mol. The number of nitrogens with zero attached hydrogens (tertiary/aromatic N) is 3. The summed E-state index contributed by atoms with van der Waals surface area (Å²) in [6, 6.07) is 17.9. The van der Waals surface area contributed by atoms with Gasteiger partial charge in [-0.2, -0.15) is 0 Å². The summed E-state index contributed by atoms with van der Waals surface area (Å²) in [7, 11) is 0. The molecule has 2 aromatic carbocycles. The molecule has 2 amide bonds. The van der Waals surface area contributed by atoms with Gasteiger partial charge in [-0.15, -0.1) is 0 Å². The highest BCUT2D eigenvalue weighted by Gasteiger charge is 2.17. The summed E-state index contributed by atoms with van der Waals surface area (Å²) in [4.78, 5) is 21.7. The van der Waals surface area contributed by atoms with Crippen molar-refractivity contribution in [1.29, 1.82) is 0 Å². The molecule has 2 aromatic heterocycles. The average molecular weight is 459 g/mol. The molecule has 0 spiro atoms. The molecule has 0 saturated heterocycles. The van der Waals surface area contributed by atoms with Gasteiger partial charge >= 0.3 is 6.03 Å². The SMILES string of the molecule is CCCCc1nc2c(N)nc3ccccc3c2n1CCCCNC(=O)NC(C)c1ccccc1. The molecule has 7 nitrogen and oxygen atoms in total. The van der Waals surface area contributed by atoms with E-state index < -0.39 is 0 Å². The van der Waals surface area contributed by atoms with E-state index in [4.69, 9.17) is 10.7 Å². The van der Waals surface area contributed by atoms with E-state index in [9.17, 15) is 4.79 Å². The molecule has 4 rings (SSSR count). The van der Waals surface area contributed by atoms with Crippen LogP contribution in [-0.2, 0) is 13.0 Å². The summed E-state index contributed by atoms with van der Waals surface area (Å²) in [5.74, 6) is 1.54. The molecule has 0 aliphatic heterocycles. The van der Waals surface area contributed by atoms with Crippen LogP contribution in [0.25, 0.3) is 21.9 Å². The van der Waals surface area contributed by atoms with Crippen molar-refractivity contribution in [3.05, 3.63) is 66.0 Å². The number of para-hydroxylation sites is 1. The van der Waals surface area contributed by atoms with Gasteiger partial charge in [-0.05, 0) is 37.8 Å². The van der Waals surface area contributed by atoms with Gasteiger partial charge in [0.25, 0.3) is 0 Å². The lowest BCUT2D eigenvalue weighted by Crippen LogP contribution is -2.37. The summed E-state index contributed by atoms with van der Waals surface area (Å²) in [5.41, 5.74) is 10.1. The van der Waals surface area contributed by atoms with E-state index in [0.29, 0.717) is 12.4 Å². The third kappa shape index (κ3) is 5.30. The number of fused-ring (bicyclic) bond motifs is 3. The van der Waals surface area contributed by atoms with Gasteiger partial charge in [-0.25, -0.2) is 14.8 Å². The smallest absolute Gasteiger partial charge is 0.315 e. The fraction of sp³-hybridized carbons (Fsp3) is 0.370. The van der Waals surface area contributed by atoms with Crippen molar-refractivity contribution in [1.82, 2.24) is 25.2 Å². The molecule has 0 saturated carbocycles. The van der Waals surface area contributed by atoms with Crippen molar-refractivity contribution in [3.8, 4) is 0 Å². The number of amides is 2. The van der Waals surface area contributed by atoms with Gasteiger partial charge in [0.15, 0.2) is 5.82 Å². The number of urea groups is 1. The quantitative estimate of drug-likeness (QED) is 0.279. The van der Waals surface area contributed by atoms with Crippen LogP contribution in [0.15, 0.2) is 54.6 Å². The Kier molecular flexibility index (Phi) is 7.62. The van der Waals surface area contributed by atoms with Gasteiger partial charge in [0.1, 0.15) is 11.3 Å². The number of nitrogen functional groups attached to an aromatic ring is 1. The molecule has 7 heteroatoms. The topological polar surface area (TPSA) is 97.9 Å². The van der Waals surface area contributed by atoms with Crippen LogP contribution in [0.2, 0.25) is 0 Å². The first-order valence-electron chi connectivity index (χ1n) is 12.2. The van der Waals surface area contributed by atoms with Gasteiger partial charge in [0, 0.05) is 24.9 Å². The van der Waals surface area contributed by atoms with Crippen LogP contribution in [0.1, 0.15) is 57.0 Å². The predicted molar refractivity (Wildman–Crippen MR) is 139 cm³/mol. The molecule has 0 radical (unpaired) electrons. The molecule has 178 valence electrons. The Morgan fingerprint density at radius 3 is 2.59 bits per heavy atom. The number of imidazole rings is 1. The molecule has 2 heterocycles. The number of rotatable bonds is 10. The Morgan fingerprint density at radius 2 is 1.79 bits per heavy atom. The second-order valence-corrected chi connectivity index (χ2v) is 8.73. The number of benzene rings is 2. The first-order valence-corrected chi connectivity index (χ1v) is 12.2. The van der Waals surface area contributed by atoms with Crippen LogP contribution in [0, 0.1) is 0 Å². The minimum Gasteiger partial charge on any atom is -0.382 e. The summed E-state index contributed by atoms with van der Waals surface area (Å²) in [6.45, 7) is 5.62. The minimum absolute atomic E-state index is 0.0352. The molecule has 4 N–H and O–H groups in total. The fourth-order valence-corrected chi connectivity index (χ4v) is 4.34. The van der Waals surface area contributed by atoms with Gasteiger partial charge in [-0.3, -0.25) is 0 Å². The largest absolute Gasteiger partial charge is 0.382 e. The van der Waals surface area contributed by atoms with Gasteiger partial charge in [-0.1, -0.05) is 61.9 Å². The lowest BCUT2D eigenvalue weighted by Gasteiger charge is -2.15. The number of nitrogens with one attached hydrogen (secondary N) is 2. The standard InChI is InChI=1S/C27H34N6O/c1-3-4-16-23-32-24-25(21-14-8-9-15-22(21)31-26(24)28)33(23)18-11-10-17-29-27(34)30-19(2)20-12-6-5-7-13-20/h5-9,12-15,19H,3-4,10-11,16-18H2,1-2H3,(H2,28,31)(H2,29,30,34). The van der Waals surface area contributed by atoms with Crippen LogP contribution in [0.4, 0.5) is 10.6 Å². The molecule has 0 aliphatic carbocycles. The Morgan fingerprint density at radius 1 is 1.03 bits per heavy atom. The average Bonchev–Trinajstić information content (AvgIpc) is 3.22. The maximum atomic E-state index is 12.3. The summed E-state index contributed by atoms with van der Waals surface area (Å²) in [5, 5.41) is 7.06. The van der Waals surface area contributed by atoms with Gasteiger partial charge < -0.3 is 20.9 Å². The van der Waals surface area contributed by atoms with Crippen molar-refractivity contribution in [2.75, 3.05) is 12.3 Å². The second kappa shape index (κ2) is 11.0. The van der Waals surface area contributed by atoms with E-state index in [2.05, 4.69) is 33.2 Å². The van der Waals surface area contributed by atoms with Crippen molar-refractivity contribution in [2.45, 2.75) is 58.5 Å². The van der Waals surface area contributed by atoms with Crippen LogP contribution in [-0.4, -0.2) is 27.1 Å². The number of aryl methyl sites for hydroxylation is 2.